The minimum Gasteiger partial charge on any atom is -0.340 e. The molecule has 2 fully saturated rings. The highest BCUT2D eigenvalue weighted by atomic mass is 16.5. The fourth-order valence-corrected chi connectivity index (χ4v) is 3.96. The number of nitrogens with zero attached hydrogens (tertiary/aromatic N) is 3. The van der Waals surface area contributed by atoms with Crippen molar-refractivity contribution in [3.63, 3.8) is 0 Å². The van der Waals surface area contributed by atoms with Gasteiger partial charge in [0.2, 0.25) is 17.7 Å². The Morgan fingerprint density at radius 1 is 1.27 bits per heavy atom. The molecule has 7 heteroatoms. The number of amides is 2. The van der Waals surface area contributed by atoms with Crippen LogP contribution in [-0.4, -0.2) is 59.0 Å². The molecule has 1 N–H and O–H groups in total. The number of aromatic nitrogens is 1. The third-order valence-electron chi connectivity index (χ3n) is 5.71. The lowest BCUT2D eigenvalue weighted by Crippen LogP contribution is -2.54. The van der Waals surface area contributed by atoms with E-state index in [1.54, 1.807) is 6.07 Å². The van der Waals surface area contributed by atoms with Crippen LogP contribution in [0.1, 0.15) is 51.1 Å². The van der Waals surface area contributed by atoms with Gasteiger partial charge in [-0.05, 0) is 26.2 Å². The third-order valence-corrected chi connectivity index (χ3v) is 5.71. The minimum absolute atomic E-state index is 0.109. The summed E-state index contributed by atoms with van der Waals surface area (Å²) in [6.45, 7) is 6.53. The Morgan fingerprint density at radius 3 is 2.58 bits per heavy atom. The number of rotatable bonds is 6. The van der Waals surface area contributed by atoms with E-state index in [0.717, 1.165) is 31.1 Å². The van der Waals surface area contributed by atoms with Gasteiger partial charge in [-0.2, -0.15) is 0 Å². The fourth-order valence-electron chi connectivity index (χ4n) is 3.96. The summed E-state index contributed by atoms with van der Waals surface area (Å²) in [5, 5.41) is 6.52. The molecule has 2 aliphatic rings. The van der Waals surface area contributed by atoms with Gasteiger partial charge in [-0.3, -0.25) is 19.8 Å². The van der Waals surface area contributed by atoms with E-state index in [0.29, 0.717) is 25.4 Å². The van der Waals surface area contributed by atoms with E-state index in [9.17, 15) is 9.59 Å². The summed E-state index contributed by atoms with van der Waals surface area (Å²) in [5.41, 5.74) is 0.734. The normalized spacial score (nSPS) is 20.3. The smallest absolute Gasteiger partial charge is 0.243 e. The molecule has 0 radical (unpaired) electrons. The first-order chi connectivity index (χ1) is 12.5. The monoisotopic (exact) mass is 362 g/mol. The molecule has 0 bridgehead atoms. The summed E-state index contributed by atoms with van der Waals surface area (Å²) in [7, 11) is 0. The Balaban J connectivity index is 1.40. The van der Waals surface area contributed by atoms with E-state index in [4.69, 9.17) is 4.52 Å². The minimum atomic E-state index is -0.267. The number of hydrogen-bond donors (Lipinski definition) is 1. The number of hydrogen-bond acceptors (Lipinski definition) is 5. The van der Waals surface area contributed by atoms with Crippen molar-refractivity contribution in [2.75, 3.05) is 31.5 Å². The lowest BCUT2D eigenvalue weighted by molar-refractivity contribution is -0.134. The molecule has 1 atom stereocenters. The highest BCUT2D eigenvalue weighted by Crippen LogP contribution is 2.28. The van der Waals surface area contributed by atoms with E-state index in [1.165, 1.54) is 25.7 Å². The summed E-state index contributed by atoms with van der Waals surface area (Å²) in [4.78, 5) is 28.8. The number of aryl methyl sites for hydroxylation is 1. The maximum Gasteiger partial charge on any atom is 0.243 e. The van der Waals surface area contributed by atoms with Crippen LogP contribution in [0, 0.1) is 12.8 Å². The number of nitrogens with one attached hydrogen (secondary N) is 1. The van der Waals surface area contributed by atoms with Crippen molar-refractivity contribution >= 4 is 17.7 Å². The molecule has 1 unspecified atom stereocenters. The first-order valence-corrected chi connectivity index (χ1v) is 9.79. The zero-order chi connectivity index (χ0) is 18.5. The van der Waals surface area contributed by atoms with Gasteiger partial charge < -0.3 is 9.42 Å². The van der Waals surface area contributed by atoms with Crippen LogP contribution in [0.3, 0.4) is 0 Å². The average Bonchev–Trinajstić information content (AvgIpc) is 3.31. The molecule has 26 heavy (non-hydrogen) atoms. The lowest BCUT2D eigenvalue weighted by atomic mass is 10.0. The van der Waals surface area contributed by atoms with Crippen LogP contribution in [0.25, 0.3) is 0 Å². The zero-order valence-electron chi connectivity index (χ0n) is 15.9. The highest BCUT2D eigenvalue weighted by molar-refractivity contribution is 5.93. The molecule has 7 nitrogen and oxygen atoms in total. The maximum absolute atomic E-state index is 12.4. The highest BCUT2D eigenvalue weighted by Gasteiger charge is 2.28. The maximum atomic E-state index is 12.4. The Bertz CT molecular complexity index is 616. The summed E-state index contributed by atoms with van der Waals surface area (Å²) in [6.07, 6.45) is 6.94. The van der Waals surface area contributed by atoms with Gasteiger partial charge in [-0.1, -0.05) is 30.8 Å². The molecule has 1 aliphatic carbocycles. The Hall–Kier alpha value is -1.89. The fraction of sp³-hybridized carbons (Fsp3) is 0.737. The summed E-state index contributed by atoms with van der Waals surface area (Å²) in [6, 6.07) is 1.43. The van der Waals surface area contributed by atoms with E-state index in [-0.39, 0.29) is 17.9 Å². The van der Waals surface area contributed by atoms with Crippen LogP contribution >= 0.6 is 0 Å². The van der Waals surface area contributed by atoms with Gasteiger partial charge >= 0.3 is 0 Å². The van der Waals surface area contributed by atoms with Crippen molar-refractivity contribution in [3.05, 3.63) is 11.8 Å². The first kappa shape index (κ1) is 18.9. The summed E-state index contributed by atoms with van der Waals surface area (Å²) >= 11 is 0. The summed E-state index contributed by atoms with van der Waals surface area (Å²) < 4.78 is 5.04. The molecule has 1 aromatic heterocycles. The lowest BCUT2D eigenvalue weighted by Gasteiger charge is -2.37. The van der Waals surface area contributed by atoms with Gasteiger partial charge in [-0.15, -0.1) is 0 Å². The van der Waals surface area contributed by atoms with Crippen molar-refractivity contribution in [2.45, 2.75) is 58.4 Å². The topological polar surface area (TPSA) is 78.7 Å². The van der Waals surface area contributed by atoms with Gasteiger partial charge in [-0.25, -0.2) is 0 Å². The second kappa shape index (κ2) is 8.66. The molecule has 1 saturated carbocycles. The number of carbonyl (C=O) groups excluding carboxylic acids is 2. The molecule has 3 rings (SSSR count). The van der Waals surface area contributed by atoms with Crippen molar-refractivity contribution < 1.29 is 14.1 Å². The van der Waals surface area contributed by atoms with Gasteiger partial charge in [0.1, 0.15) is 0 Å². The molecular formula is C19H30N4O3. The van der Waals surface area contributed by atoms with E-state index < -0.39 is 0 Å². The third kappa shape index (κ3) is 4.84. The van der Waals surface area contributed by atoms with Crippen molar-refractivity contribution in [1.82, 2.24) is 15.0 Å². The standard InChI is InChI=1S/C19H30N4O3/c1-14-13-17(26-21-14)20-19(25)15(2)22-9-11-23(12-10-22)18(24)8-7-16-5-3-4-6-16/h13,15-16H,3-12H2,1-2H3,(H,20,25). The second-order valence-corrected chi connectivity index (χ2v) is 7.60. The van der Waals surface area contributed by atoms with Crippen molar-refractivity contribution in [3.8, 4) is 0 Å². The Labute approximate surface area is 155 Å². The quantitative estimate of drug-likeness (QED) is 0.841. The molecule has 2 heterocycles. The summed E-state index contributed by atoms with van der Waals surface area (Å²) in [5.74, 6) is 1.29. The van der Waals surface area contributed by atoms with Crippen LogP contribution in [0.2, 0.25) is 0 Å². The Kier molecular flexibility index (Phi) is 6.29. The molecule has 144 valence electrons. The predicted molar refractivity (Wildman–Crippen MR) is 98.7 cm³/mol. The molecule has 0 aromatic carbocycles. The molecule has 0 spiro atoms. The van der Waals surface area contributed by atoms with Crippen molar-refractivity contribution in [2.24, 2.45) is 5.92 Å². The molecule has 2 amide bonds. The van der Waals surface area contributed by atoms with Crippen LogP contribution < -0.4 is 5.32 Å². The van der Waals surface area contributed by atoms with E-state index in [1.807, 2.05) is 18.7 Å². The van der Waals surface area contributed by atoms with Crippen LogP contribution in [0.5, 0.6) is 0 Å². The van der Waals surface area contributed by atoms with Gasteiger partial charge in [0, 0.05) is 38.7 Å². The van der Waals surface area contributed by atoms with Gasteiger partial charge in [0.25, 0.3) is 0 Å². The first-order valence-electron chi connectivity index (χ1n) is 9.79. The SMILES string of the molecule is Cc1cc(NC(=O)C(C)N2CCN(C(=O)CCC3CCCC3)CC2)on1. The molecule has 1 saturated heterocycles. The largest absolute Gasteiger partial charge is 0.340 e. The Morgan fingerprint density at radius 2 is 1.96 bits per heavy atom. The van der Waals surface area contributed by atoms with Crippen molar-refractivity contribution in [1.29, 1.82) is 0 Å². The molecule has 1 aliphatic heterocycles. The number of carbonyl (C=O) groups is 2. The predicted octanol–water partition coefficient (Wildman–Crippen LogP) is 2.42. The van der Waals surface area contributed by atoms with Crippen LogP contribution in [0.4, 0.5) is 5.88 Å². The van der Waals surface area contributed by atoms with E-state index >= 15 is 0 Å². The number of piperazine rings is 1. The van der Waals surface area contributed by atoms with Gasteiger partial charge in [0.05, 0.1) is 11.7 Å². The average molecular weight is 362 g/mol. The van der Waals surface area contributed by atoms with Gasteiger partial charge in [0.15, 0.2) is 0 Å². The zero-order valence-corrected chi connectivity index (χ0v) is 15.9. The van der Waals surface area contributed by atoms with Crippen LogP contribution in [0.15, 0.2) is 10.6 Å². The molecule has 1 aromatic rings. The van der Waals surface area contributed by atoms with E-state index in [2.05, 4.69) is 15.4 Å². The second-order valence-electron chi connectivity index (χ2n) is 7.60. The van der Waals surface area contributed by atoms with Crippen LogP contribution in [-0.2, 0) is 9.59 Å². The number of anilines is 1. The molecular weight excluding hydrogens is 332 g/mol.